The van der Waals surface area contributed by atoms with E-state index < -0.39 is 0 Å². The number of nitrogens with zero attached hydrogens (tertiary/aromatic N) is 6. The molecule has 0 amide bonds. The minimum atomic E-state index is 0. The van der Waals surface area contributed by atoms with Crippen molar-refractivity contribution >= 4 is 41.3 Å². The fourth-order valence-electron chi connectivity index (χ4n) is 3.02. The predicted octanol–water partition coefficient (Wildman–Crippen LogP) is 1.77. The summed E-state index contributed by atoms with van der Waals surface area (Å²) in [6.45, 7) is 12.9. The second kappa shape index (κ2) is 12.5. The summed E-state index contributed by atoms with van der Waals surface area (Å²) in [6, 6.07) is 0. The number of ether oxygens (including phenoxy) is 1. The summed E-state index contributed by atoms with van der Waals surface area (Å²) < 4.78 is 7.37. The molecule has 1 fully saturated rings. The number of morpholine rings is 1. The molecule has 168 valence electrons. The maximum absolute atomic E-state index is 5.41. The van der Waals surface area contributed by atoms with Crippen molar-refractivity contribution in [1.29, 1.82) is 0 Å². The van der Waals surface area contributed by atoms with Crippen LogP contribution >= 0.6 is 35.3 Å². The zero-order valence-corrected chi connectivity index (χ0v) is 21.4. The number of thiazole rings is 1. The first-order valence-corrected chi connectivity index (χ1v) is 10.9. The average Bonchev–Trinajstić information content (AvgIpc) is 3.22. The number of nitrogens with one attached hydrogen (secondary N) is 2. The van der Waals surface area contributed by atoms with Crippen molar-refractivity contribution < 1.29 is 4.74 Å². The molecule has 1 aliphatic heterocycles. The van der Waals surface area contributed by atoms with Gasteiger partial charge in [-0.2, -0.15) is 0 Å². The monoisotopic (exact) mass is 548 g/mol. The number of aromatic nitrogens is 4. The fourth-order valence-corrected chi connectivity index (χ4v) is 3.89. The third-order valence-corrected chi connectivity index (χ3v) is 6.16. The first-order chi connectivity index (χ1) is 14.0. The topological polar surface area (TPSA) is 92.5 Å². The second-order valence-electron chi connectivity index (χ2n) is 7.22. The Morgan fingerprint density at radius 3 is 2.57 bits per heavy atom. The van der Waals surface area contributed by atoms with Crippen molar-refractivity contribution in [3.8, 4) is 0 Å². The van der Waals surface area contributed by atoms with E-state index in [4.69, 9.17) is 9.73 Å². The van der Waals surface area contributed by atoms with Gasteiger partial charge in [0.25, 0.3) is 0 Å². The van der Waals surface area contributed by atoms with Crippen LogP contribution in [0.15, 0.2) is 4.99 Å². The van der Waals surface area contributed by atoms with Gasteiger partial charge < -0.3 is 19.9 Å². The third-order valence-electron chi connectivity index (χ3n) is 5.09. The molecule has 0 aromatic carbocycles. The minimum Gasteiger partial charge on any atom is -0.379 e. The summed E-state index contributed by atoms with van der Waals surface area (Å²) in [5.41, 5.74) is 1.10. The molecule has 3 rings (SSSR count). The maximum Gasteiger partial charge on any atom is 0.192 e. The molecular formula is C19H33IN8OS. The molecule has 9 nitrogen and oxygen atoms in total. The summed E-state index contributed by atoms with van der Waals surface area (Å²) in [6.07, 6.45) is 1.05. The molecule has 3 heterocycles. The zero-order valence-electron chi connectivity index (χ0n) is 18.3. The second-order valence-corrected chi connectivity index (χ2v) is 8.51. The van der Waals surface area contributed by atoms with Crippen LogP contribution < -0.4 is 10.6 Å². The van der Waals surface area contributed by atoms with Crippen LogP contribution in [0.25, 0.3) is 0 Å². The van der Waals surface area contributed by atoms with Gasteiger partial charge in [-0.1, -0.05) is 0 Å². The number of halogens is 1. The molecule has 0 aliphatic carbocycles. The zero-order chi connectivity index (χ0) is 20.6. The number of rotatable bonds is 8. The van der Waals surface area contributed by atoms with E-state index in [-0.39, 0.29) is 24.0 Å². The van der Waals surface area contributed by atoms with Gasteiger partial charge in [-0.05, 0) is 33.7 Å². The Kier molecular flexibility index (Phi) is 10.4. The smallest absolute Gasteiger partial charge is 0.192 e. The normalized spacial score (nSPS) is 15.1. The number of aliphatic imine (C=N–C) groups is 1. The van der Waals surface area contributed by atoms with Crippen LogP contribution in [0.2, 0.25) is 0 Å². The highest BCUT2D eigenvalue weighted by Crippen LogP contribution is 2.15. The van der Waals surface area contributed by atoms with E-state index in [0.717, 1.165) is 74.1 Å². The summed E-state index contributed by atoms with van der Waals surface area (Å²) >= 11 is 1.72. The lowest BCUT2D eigenvalue weighted by atomic mass is 10.3. The summed E-state index contributed by atoms with van der Waals surface area (Å²) in [5.74, 6) is 2.51. The quantitative estimate of drug-likeness (QED) is 0.225. The van der Waals surface area contributed by atoms with Crippen LogP contribution in [0, 0.1) is 20.8 Å². The average molecular weight is 548 g/mol. The maximum atomic E-state index is 5.41. The lowest BCUT2D eigenvalue weighted by Crippen LogP contribution is -2.40. The molecule has 2 aromatic heterocycles. The first kappa shape index (κ1) is 25.0. The van der Waals surface area contributed by atoms with Crippen LogP contribution in [0.1, 0.15) is 33.6 Å². The number of guanidine groups is 1. The molecule has 1 saturated heterocycles. The number of hydrogen-bond acceptors (Lipinski definition) is 7. The highest BCUT2D eigenvalue weighted by Gasteiger charge is 2.10. The van der Waals surface area contributed by atoms with E-state index in [2.05, 4.69) is 37.6 Å². The van der Waals surface area contributed by atoms with Gasteiger partial charge in [-0.15, -0.1) is 45.5 Å². The number of aryl methyl sites for hydroxylation is 3. The van der Waals surface area contributed by atoms with E-state index in [1.165, 1.54) is 4.88 Å². The van der Waals surface area contributed by atoms with Crippen LogP contribution in [-0.4, -0.2) is 70.0 Å². The van der Waals surface area contributed by atoms with Gasteiger partial charge in [-0.25, -0.2) is 9.98 Å². The van der Waals surface area contributed by atoms with Gasteiger partial charge in [0.05, 0.1) is 25.5 Å². The number of hydrogen-bond donors (Lipinski definition) is 2. The third kappa shape index (κ3) is 7.43. The van der Waals surface area contributed by atoms with Gasteiger partial charge in [0.2, 0.25) is 0 Å². The standard InChI is InChI=1S/C19H32N8OS.HI/c1-14-15(2)29-18(23-14)13-22-19(21-12-17-25-24-16(3)26(17)4)20-6-5-7-27-8-10-28-11-9-27;/h5-13H2,1-4H3,(H2,20,21,22);1H. The molecule has 1 aliphatic rings. The molecule has 2 N–H and O–H groups in total. The van der Waals surface area contributed by atoms with Gasteiger partial charge in [-0.3, -0.25) is 4.90 Å². The Balaban J connectivity index is 0.00000320. The Labute approximate surface area is 199 Å². The Morgan fingerprint density at radius 1 is 1.17 bits per heavy atom. The van der Waals surface area contributed by atoms with E-state index in [0.29, 0.717) is 13.1 Å². The summed E-state index contributed by atoms with van der Waals surface area (Å²) in [7, 11) is 1.96. The van der Waals surface area contributed by atoms with E-state index >= 15 is 0 Å². The van der Waals surface area contributed by atoms with Crippen LogP contribution in [0.3, 0.4) is 0 Å². The lowest BCUT2D eigenvalue weighted by molar-refractivity contribution is 0.0376. The molecule has 0 atom stereocenters. The molecule has 0 saturated carbocycles. The van der Waals surface area contributed by atoms with E-state index in [9.17, 15) is 0 Å². The van der Waals surface area contributed by atoms with Crippen molar-refractivity contribution in [3.63, 3.8) is 0 Å². The predicted molar refractivity (Wildman–Crippen MR) is 131 cm³/mol. The molecule has 0 bridgehead atoms. The van der Waals surface area contributed by atoms with Crippen molar-refractivity contribution in [2.75, 3.05) is 39.4 Å². The highest BCUT2D eigenvalue weighted by atomic mass is 127. The van der Waals surface area contributed by atoms with Crippen molar-refractivity contribution in [2.24, 2.45) is 12.0 Å². The fraction of sp³-hybridized carbons (Fsp3) is 0.684. The lowest BCUT2D eigenvalue weighted by Gasteiger charge is -2.26. The first-order valence-electron chi connectivity index (χ1n) is 10.1. The van der Waals surface area contributed by atoms with Gasteiger partial charge >= 0.3 is 0 Å². The largest absolute Gasteiger partial charge is 0.379 e. The van der Waals surface area contributed by atoms with Gasteiger partial charge in [0.1, 0.15) is 17.4 Å². The van der Waals surface area contributed by atoms with Crippen LogP contribution in [0.4, 0.5) is 0 Å². The van der Waals surface area contributed by atoms with Crippen molar-refractivity contribution in [3.05, 3.63) is 27.2 Å². The SMILES string of the molecule is Cc1nc(CNC(=NCc2nnc(C)n2C)NCCCN2CCOCC2)sc1C.I. The Hall–Kier alpha value is -1.31. The van der Waals surface area contributed by atoms with Crippen molar-refractivity contribution in [1.82, 2.24) is 35.3 Å². The van der Waals surface area contributed by atoms with Gasteiger partial charge in [0.15, 0.2) is 11.8 Å². The van der Waals surface area contributed by atoms with E-state index in [1.807, 2.05) is 25.5 Å². The van der Waals surface area contributed by atoms with Crippen LogP contribution in [0.5, 0.6) is 0 Å². The van der Waals surface area contributed by atoms with E-state index in [1.54, 1.807) is 11.3 Å². The van der Waals surface area contributed by atoms with Gasteiger partial charge in [0, 0.05) is 31.6 Å². The summed E-state index contributed by atoms with van der Waals surface area (Å²) in [4.78, 5) is 13.0. The Bertz CT molecular complexity index is 796. The van der Waals surface area contributed by atoms with Crippen molar-refractivity contribution in [2.45, 2.75) is 40.3 Å². The minimum absolute atomic E-state index is 0. The molecule has 2 aromatic rings. The molecule has 11 heteroatoms. The molecule has 30 heavy (non-hydrogen) atoms. The van der Waals surface area contributed by atoms with Crippen LogP contribution in [-0.2, 0) is 24.9 Å². The Morgan fingerprint density at radius 2 is 1.93 bits per heavy atom. The molecule has 0 radical (unpaired) electrons. The highest BCUT2D eigenvalue weighted by molar-refractivity contribution is 14.0. The summed E-state index contributed by atoms with van der Waals surface area (Å²) in [5, 5.41) is 16.2. The molecule has 0 spiro atoms. The molecular weight excluding hydrogens is 515 g/mol. The molecule has 0 unspecified atom stereocenters.